The second-order valence-corrected chi connectivity index (χ2v) is 4.16. The molecule has 1 rings (SSSR count). The van der Waals surface area contributed by atoms with Crippen LogP contribution >= 0.6 is 0 Å². The van der Waals surface area contributed by atoms with Crippen molar-refractivity contribution in [3.8, 4) is 0 Å². The molecule has 0 spiro atoms. The third-order valence-electron chi connectivity index (χ3n) is 2.57. The normalized spacial score (nSPS) is 16.1. The van der Waals surface area contributed by atoms with Crippen LogP contribution in [0.3, 0.4) is 0 Å². The molecule has 0 fully saturated rings. The number of alkyl halides is 6. The van der Waals surface area contributed by atoms with Gasteiger partial charge in [0.05, 0.1) is 5.56 Å². The lowest BCUT2D eigenvalue weighted by atomic mass is 9.99. The number of aliphatic hydroxyl groups is 1. The molecule has 0 bridgehead atoms. The Hall–Kier alpha value is -1.35. The molecule has 0 aromatic heterocycles. The van der Waals surface area contributed by atoms with E-state index < -0.39 is 47.9 Å². The van der Waals surface area contributed by atoms with E-state index in [9.17, 15) is 30.7 Å². The molecule has 0 aliphatic rings. The number of nitrogens with two attached hydrogens (primary N) is 1. The first-order valence-corrected chi connectivity index (χ1v) is 5.29. The fraction of sp³-hybridized carbons (Fsp3) is 0.455. The summed E-state index contributed by atoms with van der Waals surface area (Å²) in [4.78, 5) is 0. The summed E-state index contributed by atoms with van der Waals surface area (Å²) >= 11 is 0. The maximum Gasteiger partial charge on any atom is 0.416 e. The summed E-state index contributed by atoms with van der Waals surface area (Å²) in [7, 11) is 0. The molecule has 20 heavy (non-hydrogen) atoms. The highest BCUT2D eigenvalue weighted by Crippen LogP contribution is 2.31. The minimum atomic E-state index is -5.03. The summed E-state index contributed by atoms with van der Waals surface area (Å²) < 4.78 is 87.0. The standard InChI is InChI=1S/C11H10F7NO/c12-7-2-1-6(10(13,14)15)3-5(7)4-8(19)9(20)11(16,17)18/h1-3,8-9,20H,4,19H2. The van der Waals surface area contributed by atoms with Crippen LogP contribution in [-0.2, 0) is 12.6 Å². The van der Waals surface area contributed by atoms with Gasteiger partial charge in [-0.1, -0.05) is 0 Å². The van der Waals surface area contributed by atoms with Crippen molar-refractivity contribution in [2.24, 2.45) is 5.73 Å². The van der Waals surface area contributed by atoms with Gasteiger partial charge in [0.25, 0.3) is 0 Å². The summed E-state index contributed by atoms with van der Waals surface area (Å²) in [6.07, 6.45) is -13.6. The second kappa shape index (κ2) is 5.57. The van der Waals surface area contributed by atoms with Crippen LogP contribution < -0.4 is 5.73 Å². The predicted molar refractivity (Wildman–Crippen MR) is 55.1 cm³/mol. The maximum absolute atomic E-state index is 13.3. The van der Waals surface area contributed by atoms with Gasteiger partial charge in [0.15, 0.2) is 6.10 Å². The summed E-state index contributed by atoms with van der Waals surface area (Å²) in [5.41, 5.74) is 3.20. The van der Waals surface area contributed by atoms with E-state index in [0.717, 1.165) is 0 Å². The van der Waals surface area contributed by atoms with E-state index in [0.29, 0.717) is 18.2 Å². The number of aliphatic hydroxyl groups excluding tert-OH is 1. The van der Waals surface area contributed by atoms with E-state index in [4.69, 9.17) is 10.8 Å². The van der Waals surface area contributed by atoms with Gasteiger partial charge in [0.1, 0.15) is 5.82 Å². The first kappa shape index (κ1) is 16.7. The highest BCUT2D eigenvalue weighted by atomic mass is 19.4. The summed E-state index contributed by atoms with van der Waals surface area (Å²) in [6, 6.07) is -0.638. The Morgan fingerprint density at radius 1 is 1.10 bits per heavy atom. The van der Waals surface area contributed by atoms with Gasteiger partial charge in [0, 0.05) is 6.04 Å². The lowest BCUT2D eigenvalue weighted by molar-refractivity contribution is -0.209. The second-order valence-electron chi connectivity index (χ2n) is 4.16. The van der Waals surface area contributed by atoms with Crippen LogP contribution in [-0.4, -0.2) is 23.4 Å². The number of halogens is 7. The molecular weight excluding hydrogens is 295 g/mol. The van der Waals surface area contributed by atoms with E-state index in [1.54, 1.807) is 0 Å². The fourth-order valence-corrected chi connectivity index (χ4v) is 1.52. The Morgan fingerprint density at radius 2 is 1.65 bits per heavy atom. The van der Waals surface area contributed by atoms with Gasteiger partial charge in [0.2, 0.25) is 0 Å². The fourth-order valence-electron chi connectivity index (χ4n) is 1.52. The van der Waals surface area contributed by atoms with Crippen LogP contribution in [0.5, 0.6) is 0 Å². The summed E-state index contributed by atoms with van der Waals surface area (Å²) in [5.74, 6) is -1.12. The number of rotatable bonds is 3. The highest BCUT2D eigenvalue weighted by molar-refractivity contribution is 5.28. The molecule has 2 nitrogen and oxygen atoms in total. The lowest BCUT2D eigenvalue weighted by Gasteiger charge is -2.21. The van der Waals surface area contributed by atoms with Gasteiger partial charge in [-0.2, -0.15) is 26.3 Å². The molecule has 2 atom stereocenters. The van der Waals surface area contributed by atoms with Crippen LogP contribution in [0.4, 0.5) is 30.7 Å². The van der Waals surface area contributed by atoms with Crippen molar-refractivity contribution in [3.63, 3.8) is 0 Å². The average molecular weight is 305 g/mol. The van der Waals surface area contributed by atoms with Gasteiger partial charge in [-0.05, 0) is 30.2 Å². The number of hydrogen-bond donors (Lipinski definition) is 2. The van der Waals surface area contributed by atoms with Crippen LogP contribution in [0, 0.1) is 5.82 Å². The molecule has 2 unspecified atom stereocenters. The van der Waals surface area contributed by atoms with Crippen LogP contribution in [0.15, 0.2) is 18.2 Å². The molecule has 0 aliphatic heterocycles. The Labute approximate surface area is 109 Å². The van der Waals surface area contributed by atoms with Crippen LogP contribution in [0.1, 0.15) is 11.1 Å². The first-order chi connectivity index (χ1) is 8.93. The molecule has 0 aliphatic carbocycles. The molecule has 0 heterocycles. The largest absolute Gasteiger partial charge is 0.416 e. The smallest absolute Gasteiger partial charge is 0.382 e. The molecule has 0 saturated heterocycles. The predicted octanol–water partition coefficient (Wildman–Crippen LogP) is 2.64. The quantitative estimate of drug-likeness (QED) is 0.843. The molecule has 3 N–H and O–H groups in total. The molecule has 1 aromatic carbocycles. The van der Waals surface area contributed by atoms with Crippen molar-refractivity contribution in [3.05, 3.63) is 35.1 Å². The van der Waals surface area contributed by atoms with Crippen molar-refractivity contribution in [2.75, 3.05) is 0 Å². The SMILES string of the molecule is NC(Cc1cc(C(F)(F)F)ccc1F)C(O)C(F)(F)F. The zero-order chi connectivity index (χ0) is 15.7. The minimum Gasteiger partial charge on any atom is -0.382 e. The van der Waals surface area contributed by atoms with E-state index in [1.807, 2.05) is 0 Å². The summed E-state index contributed by atoms with van der Waals surface area (Å²) in [5, 5.41) is 8.84. The van der Waals surface area contributed by atoms with E-state index in [2.05, 4.69) is 0 Å². The monoisotopic (exact) mass is 305 g/mol. The third kappa shape index (κ3) is 4.07. The molecule has 0 saturated carbocycles. The molecular formula is C11H10F7NO. The van der Waals surface area contributed by atoms with Gasteiger partial charge in [-0.15, -0.1) is 0 Å². The minimum absolute atomic E-state index is 0.373. The molecule has 0 radical (unpaired) electrons. The Balaban J connectivity index is 2.98. The van der Waals surface area contributed by atoms with Crippen molar-refractivity contribution in [1.82, 2.24) is 0 Å². The maximum atomic E-state index is 13.3. The van der Waals surface area contributed by atoms with Crippen molar-refractivity contribution < 1.29 is 35.8 Å². The molecule has 114 valence electrons. The van der Waals surface area contributed by atoms with Crippen molar-refractivity contribution >= 4 is 0 Å². The molecule has 9 heteroatoms. The van der Waals surface area contributed by atoms with Gasteiger partial charge >= 0.3 is 12.4 Å². The zero-order valence-corrected chi connectivity index (χ0v) is 9.76. The van der Waals surface area contributed by atoms with Crippen molar-refractivity contribution in [2.45, 2.75) is 30.9 Å². The lowest BCUT2D eigenvalue weighted by Crippen LogP contribution is -2.46. The average Bonchev–Trinajstić information content (AvgIpc) is 2.28. The third-order valence-corrected chi connectivity index (χ3v) is 2.57. The Morgan fingerprint density at radius 3 is 2.10 bits per heavy atom. The Kier molecular flexibility index (Phi) is 4.65. The Bertz CT molecular complexity index is 469. The van der Waals surface area contributed by atoms with E-state index in [1.165, 1.54) is 0 Å². The van der Waals surface area contributed by atoms with Crippen molar-refractivity contribution in [1.29, 1.82) is 0 Å². The topological polar surface area (TPSA) is 46.2 Å². The number of benzene rings is 1. The van der Waals surface area contributed by atoms with E-state index in [-0.39, 0.29) is 0 Å². The number of hydrogen-bond acceptors (Lipinski definition) is 2. The van der Waals surface area contributed by atoms with Crippen LogP contribution in [0.2, 0.25) is 0 Å². The highest BCUT2D eigenvalue weighted by Gasteiger charge is 2.42. The van der Waals surface area contributed by atoms with Gasteiger partial charge in [-0.25, -0.2) is 4.39 Å². The molecule has 0 amide bonds. The van der Waals surface area contributed by atoms with E-state index >= 15 is 0 Å². The van der Waals surface area contributed by atoms with Gasteiger partial charge in [-0.3, -0.25) is 0 Å². The van der Waals surface area contributed by atoms with Gasteiger partial charge < -0.3 is 10.8 Å². The summed E-state index contributed by atoms with van der Waals surface area (Å²) in [6.45, 7) is 0. The first-order valence-electron chi connectivity index (χ1n) is 5.29. The van der Waals surface area contributed by atoms with Crippen LogP contribution in [0.25, 0.3) is 0 Å². The molecule has 1 aromatic rings. The zero-order valence-electron chi connectivity index (χ0n) is 9.76.